The van der Waals surface area contributed by atoms with Gasteiger partial charge in [-0.3, -0.25) is 10.1 Å². The van der Waals surface area contributed by atoms with Crippen LogP contribution in [0.15, 0.2) is 57.9 Å². The molecule has 4 N–H and O–H groups in total. The van der Waals surface area contributed by atoms with E-state index in [0.717, 1.165) is 10.0 Å². The first kappa shape index (κ1) is 19.6. The van der Waals surface area contributed by atoms with Gasteiger partial charge in [-0.1, -0.05) is 34.1 Å². The van der Waals surface area contributed by atoms with Crippen LogP contribution in [0.5, 0.6) is 0 Å². The Labute approximate surface area is 156 Å². The number of primary sulfonamides is 1. The maximum absolute atomic E-state index is 12.3. The Morgan fingerprint density at radius 2 is 1.68 bits per heavy atom. The Balaban J connectivity index is 1.99. The van der Waals surface area contributed by atoms with Crippen LogP contribution in [-0.2, 0) is 14.8 Å². The zero-order chi connectivity index (χ0) is 18.6. The van der Waals surface area contributed by atoms with E-state index >= 15 is 0 Å². The third-order valence-electron chi connectivity index (χ3n) is 3.72. The number of hydrogen-bond donors (Lipinski definition) is 3. The summed E-state index contributed by atoms with van der Waals surface area (Å²) in [5.74, 6) is -0.220. The minimum absolute atomic E-state index is 0.000720. The van der Waals surface area contributed by atoms with Crippen molar-refractivity contribution in [1.29, 1.82) is 0 Å². The first-order chi connectivity index (χ1) is 11.7. The van der Waals surface area contributed by atoms with Gasteiger partial charge in [0.2, 0.25) is 15.9 Å². The molecule has 0 unspecified atom stereocenters. The lowest BCUT2D eigenvalue weighted by Gasteiger charge is -2.21. The molecule has 0 aliphatic heterocycles. The number of rotatable bonds is 6. The summed E-state index contributed by atoms with van der Waals surface area (Å²) >= 11 is 3.50. The lowest BCUT2D eigenvalue weighted by molar-refractivity contribution is -0.117. The van der Waals surface area contributed by atoms with Crippen LogP contribution in [0.2, 0.25) is 0 Å². The molecule has 2 atom stereocenters. The molecule has 0 aliphatic rings. The van der Waals surface area contributed by atoms with Gasteiger partial charge >= 0.3 is 0 Å². The van der Waals surface area contributed by atoms with E-state index < -0.39 is 16.1 Å². The van der Waals surface area contributed by atoms with Gasteiger partial charge < -0.3 is 5.32 Å². The van der Waals surface area contributed by atoms with Crippen molar-refractivity contribution in [3.63, 3.8) is 0 Å². The molecule has 0 saturated heterocycles. The molecule has 0 aromatic heterocycles. The molecule has 0 fully saturated rings. The monoisotopic (exact) mass is 425 g/mol. The third-order valence-corrected chi connectivity index (χ3v) is 5.37. The van der Waals surface area contributed by atoms with Gasteiger partial charge in [-0.2, -0.15) is 0 Å². The maximum Gasteiger partial charge on any atom is 0.241 e. The van der Waals surface area contributed by atoms with Crippen LogP contribution in [-0.4, -0.2) is 20.4 Å². The fourth-order valence-corrected chi connectivity index (χ4v) is 3.49. The number of nitrogens with one attached hydrogen (secondary N) is 2. The SMILES string of the molecule is C[C@@H](N[C@H](C)c1ccccc1Br)C(=O)Nc1ccc(S(N)(=O)=O)cc1. The van der Waals surface area contributed by atoms with Crippen LogP contribution in [0.4, 0.5) is 5.69 Å². The summed E-state index contributed by atoms with van der Waals surface area (Å²) in [7, 11) is -3.74. The lowest BCUT2D eigenvalue weighted by atomic mass is 10.1. The molecule has 0 aliphatic carbocycles. The van der Waals surface area contributed by atoms with Gasteiger partial charge in [0.15, 0.2) is 0 Å². The third kappa shape index (κ3) is 5.37. The standard InChI is InChI=1S/C17H20BrN3O3S/c1-11(15-5-3-4-6-16(15)18)20-12(2)17(22)21-13-7-9-14(10-8-13)25(19,23)24/h3-12,20H,1-2H3,(H,21,22)(H2,19,23,24)/t11-,12-/m1/s1. The molecule has 0 bridgehead atoms. The number of halogens is 1. The topological polar surface area (TPSA) is 101 Å². The number of benzene rings is 2. The molecule has 1 amide bonds. The summed E-state index contributed by atoms with van der Waals surface area (Å²) in [6.45, 7) is 3.74. The minimum Gasteiger partial charge on any atom is -0.325 e. The Kier molecular flexibility index (Phi) is 6.34. The van der Waals surface area contributed by atoms with Crippen molar-refractivity contribution in [3.05, 3.63) is 58.6 Å². The van der Waals surface area contributed by atoms with Crippen LogP contribution in [0.1, 0.15) is 25.5 Å². The summed E-state index contributed by atoms with van der Waals surface area (Å²) in [5.41, 5.74) is 1.55. The number of anilines is 1. The number of carbonyl (C=O) groups excluding carboxylic acids is 1. The van der Waals surface area contributed by atoms with Crippen molar-refractivity contribution in [2.24, 2.45) is 5.14 Å². The summed E-state index contributed by atoms with van der Waals surface area (Å²) in [6.07, 6.45) is 0. The second-order valence-corrected chi connectivity index (χ2v) is 8.11. The highest BCUT2D eigenvalue weighted by Crippen LogP contribution is 2.23. The van der Waals surface area contributed by atoms with Crippen LogP contribution >= 0.6 is 15.9 Å². The largest absolute Gasteiger partial charge is 0.325 e. The van der Waals surface area contributed by atoms with Gasteiger partial charge in [-0.25, -0.2) is 13.6 Å². The highest BCUT2D eigenvalue weighted by Gasteiger charge is 2.18. The Morgan fingerprint density at radius 1 is 1.08 bits per heavy atom. The number of sulfonamides is 1. The maximum atomic E-state index is 12.3. The van der Waals surface area contributed by atoms with Gasteiger partial charge in [-0.05, 0) is 49.7 Å². The first-order valence-corrected chi connectivity index (χ1v) is 9.96. The summed E-state index contributed by atoms with van der Waals surface area (Å²) in [6, 6.07) is 13.0. The predicted octanol–water partition coefficient (Wildman–Crippen LogP) is 2.77. The molecule has 6 nitrogen and oxygen atoms in total. The van der Waals surface area contributed by atoms with Crippen LogP contribution in [0.25, 0.3) is 0 Å². The van der Waals surface area contributed by atoms with E-state index in [1.807, 2.05) is 31.2 Å². The molecule has 2 rings (SSSR count). The van der Waals surface area contributed by atoms with Gasteiger partial charge in [0.05, 0.1) is 10.9 Å². The normalized spacial score (nSPS) is 13.9. The number of amides is 1. The summed E-state index contributed by atoms with van der Waals surface area (Å²) in [4.78, 5) is 12.3. The van der Waals surface area contributed by atoms with E-state index in [2.05, 4.69) is 26.6 Å². The summed E-state index contributed by atoms with van der Waals surface area (Å²) in [5, 5.41) is 11.0. The quantitative estimate of drug-likeness (QED) is 0.661. The number of hydrogen-bond acceptors (Lipinski definition) is 4. The summed E-state index contributed by atoms with van der Waals surface area (Å²) < 4.78 is 23.4. The lowest BCUT2D eigenvalue weighted by Crippen LogP contribution is -2.39. The molecule has 0 radical (unpaired) electrons. The average Bonchev–Trinajstić information content (AvgIpc) is 2.54. The Hall–Kier alpha value is -1.74. The molecule has 134 valence electrons. The molecular formula is C17H20BrN3O3S. The predicted molar refractivity (Wildman–Crippen MR) is 102 cm³/mol. The van der Waals surface area contributed by atoms with Crippen molar-refractivity contribution < 1.29 is 13.2 Å². The second kappa shape index (κ2) is 8.09. The Bertz CT molecular complexity index is 854. The number of nitrogens with two attached hydrogens (primary N) is 1. The van der Waals surface area contributed by atoms with E-state index in [0.29, 0.717) is 5.69 Å². The van der Waals surface area contributed by atoms with Crippen molar-refractivity contribution in [2.45, 2.75) is 30.8 Å². The van der Waals surface area contributed by atoms with E-state index in [9.17, 15) is 13.2 Å². The minimum atomic E-state index is -3.74. The van der Waals surface area contributed by atoms with Gasteiger partial charge in [0.25, 0.3) is 0 Å². The van der Waals surface area contributed by atoms with Crippen molar-refractivity contribution >= 4 is 37.5 Å². The fourth-order valence-electron chi connectivity index (χ4n) is 2.35. The van der Waals surface area contributed by atoms with Crippen molar-refractivity contribution in [1.82, 2.24) is 5.32 Å². The van der Waals surface area contributed by atoms with E-state index in [4.69, 9.17) is 5.14 Å². The molecule has 25 heavy (non-hydrogen) atoms. The van der Waals surface area contributed by atoms with Gasteiger partial charge in [0, 0.05) is 16.2 Å². The van der Waals surface area contributed by atoms with Gasteiger partial charge in [-0.15, -0.1) is 0 Å². The molecule has 0 heterocycles. The molecule has 0 spiro atoms. The highest BCUT2D eigenvalue weighted by atomic mass is 79.9. The van der Waals surface area contributed by atoms with Crippen molar-refractivity contribution in [2.75, 3.05) is 5.32 Å². The van der Waals surface area contributed by atoms with E-state index in [1.54, 1.807) is 6.92 Å². The zero-order valence-corrected chi connectivity index (χ0v) is 16.3. The molecule has 8 heteroatoms. The van der Waals surface area contributed by atoms with Crippen molar-refractivity contribution in [3.8, 4) is 0 Å². The van der Waals surface area contributed by atoms with E-state index in [1.165, 1.54) is 24.3 Å². The highest BCUT2D eigenvalue weighted by molar-refractivity contribution is 9.10. The van der Waals surface area contributed by atoms with E-state index in [-0.39, 0.29) is 16.8 Å². The molecule has 2 aromatic carbocycles. The smallest absolute Gasteiger partial charge is 0.241 e. The fraction of sp³-hybridized carbons (Fsp3) is 0.235. The molecule has 0 saturated carbocycles. The Morgan fingerprint density at radius 3 is 2.24 bits per heavy atom. The molecular weight excluding hydrogens is 406 g/mol. The average molecular weight is 426 g/mol. The number of carbonyl (C=O) groups is 1. The van der Waals surface area contributed by atoms with Crippen LogP contribution < -0.4 is 15.8 Å². The van der Waals surface area contributed by atoms with Gasteiger partial charge in [0.1, 0.15) is 0 Å². The van der Waals surface area contributed by atoms with Crippen LogP contribution in [0, 0.1) is 0 Å². The zero-order valence-electron chi connectivity index (χ0n) is 13.9. The first-order valence-electron chi connectivity index (χ1n) is 7.62. The second-order valence-electron chi connectivity index (χ2n) is 5.69. The van der Waals surface area contributed by atoms with Crippen LogP contribution in [0.3, 0.4) is 0 Å². The molecule has 2 aromatic rings.